The molecule has 1 aromatic rings. The summed E-state index contributed by atoms with van der Waals surface area (Å²) in [5.41, 5.74) is 1.22. The van der Waals surface area contributed by atoms with Crippen LogP contribution in [0.2, 0.25) is 0 Å². The second kappa shape index (κ2) is 7.80. The van der Waals surface area contributed by atoms with Gasteiger partial charge in [-0.15, -0.1) is 0 Å². The molecule has 0 saturated carbocycles. The van der Waals surface area contributed by atoms with Crippen molar-refractivity contribution in [2.45, 2.75) is 24.7 Å². The van der Waals surface area contributed by atoms with Crippen molar-refractivity contribution < 1.29 is 13.2 Å². The van der Waals surface area contributed by atoms with Crippen molar-refractivity contribution in [3.63, 3.8) is 0 Å². The highest BCUT2D eigenvalue weighted by Crippen LogP contribution is 2.20. The van der Waals surface area contributed by atoms with Crippen LogP contribution in [0.4, 0.5) is 5.69 Å². The maximum atomic E-state index is 12.2. The fourth-order valence-corrected chi connectivity index (χ4v) is 3.99. The molecule has 1 aliphatic rings. The van der Waals surface area contributed by atoms with Gasteiger partial charge in [0.2, 0.25) is 10.0 Å². The zero-order valence-electron chi connectivity index (χ0n) is 12.5. The average molecular weight is 340 g/mol. The van der Waals surface area contributed by atoms with Gasteiger partial charge in [0.1, 0.15) is 0 Å². The molecule has 1 heterocycles. The zero-order valence-corrected chi connectivity index (χ0v) is 14.1. The van der Waals surface area contributed by atoms with E-state index in [4.69, 9.17) is 0 Å². The van der Waals surface area contributed by atoms with Crippen LogP contribution in [-0.2, 0) is 14.8 Å². The normalized spacial score (nSPS) is 14.7. The summed E-state index contributed by atoms with van der Waals surface area (Å²) >= 11 is 1.68. The Hall–Kier alpha value is -1.31. The zero-order chi connectivity index (χ0) is 16.0. The molecule has 0 atom stereocenters. The fourth-order valence-electron chi connectivity index (χ4n) is 1.96. The Labute approximate surface area is 135 Å². The summed E-state index contributed by atoms with van der Waals surface area (Å²) in [6, 6.07) is 6.32. The number of sulfonamides is 1. The average Bonchev–Trinajstić information content (AvgIpc) is 3.02. The third-order valence-corrected chi connectivity index (χ3v) is 5.60. The molecule has 7 heteroatoms. The molecule has 0 radical (unpaired) electrons. The molecule has 1 aliphatic heterocycles. The predicted molar refractivity (Wildman–Crippen MR) is 90.6 cm³/mol. The first-order valence-electron chi connectivity index (χ1n) is 7.21. The lowest BCUT2D eigenvalue weighted by molar-refractivity contribution is -0.112. The number of hydrogen-bond donors (Lipinski definition) is 2. The predicted octanol–water partition coefficient (Wildman–Crippen LogP) is 2.38. The molecule has 0 fully saturated rings. The summed E-state index contributed by atoms with van der Waals surface area (Å²) in [6.45, 7) is 2.42. The molecule has 0 spiro atoms. The Kier molecular flexibility index (Phi) is 6.05. The van der Waals surface area contributed by atoms with Gasteiger partial charge in [0.05, 0.1) is 4.90 Å². The number of thioether (sulfide) groups is 1. The molecule has 120 valence electrons. The molecule has 0 aliphatic carbocycles. The van der Waals surface area contributed by atoms with Crippen LogP contribution >= 0.6 is 11.8 Å². The van der Waals surface area contributed by atoms with Crippen LogP contribution in [-0.4, -0.2) is 32.4 Å². The van der Waals surface area contributed by atoms with E-state index in [0.29, 0.717) is 18.0 Å². The third-order valence-electron chi connectivity index (χ3n) is 3.22. The molecule has 1 amide bonds. The minimum Gasteiger partial charge on any atom is -0.322 e. The number of nitrogens with one attached hydrogen (secondary N) is 2. The monoisotopic (exact) mass is 340 g/mol. The highest BCUT2D eigenvalue weighted by molar-refractivity contribution is 7.99. The number of amides is 1. The first-order chi connectivity index (χ1) is 10.5. The first-order valence-corrected chi connectivity index (χ1v) is 9.84. The summed E-state index contributed by atoms with van der Waals surface area (Å²) in [5.74, 6) is 1.37. The van der Waals surface area contributed by atoms with E-state index in [1.807, 2.05) is 13.0 Å². The SMILES string of the molecule is CCCCNS(=O)(=O)c1cccc(NC(=O)C2=CCSC2)c1. The second-order valence-electron chi connectivity index (χ2n) is 4.98. The lowest BCUT2D eigenvalue weighted by atomic mass is 10.2. The highest BCUT2D eigenvalue weighted by Gasteiger charge is 2.16. The van der Waals surface area contributed by atoms with Gasteiger partial charge in [-0.1, -0.05) is 25.5 Å². The molecule has 2 rings (SSSR count). The van der Waals surface area contributed by atoms with E-state index in [1.165, 1.54) is 12.1 Å². The van der Waals surface area contributed by atoms with Crippen LogP contribution in [0.25, 0.3) is 0 Å². The van der Waals surface area contributed by atoms with Gasteiger partial charge in [-0.3, -0.25) is 4.79 Å². The van der Waals surface area contributed by atoms with Crippen LogP contribution in [0.15, 0.2) is 40.8 Å². The van der Waals surface area contributed by atoms with Crippen LogP contribution < -0.4 is 10.0 Å². The topological polar surface area (TPSA) is 75.3 Å². The minimum atomic E-state index is -3.53. The minimum absolute atomic E-state index is 0.163. The van der Waals surface area contributed by atoms with E-state index in [-0.39, 0.29) is 10.8 Å². The Morgan fingerprint density at radius 2 is 2.18 bits per heavy atom. The maximum absolute atomic E-state index is 12.2. The molecule has 22 heavy (non-hydrogen) atoms. The number of benzene rings is 1. The Bertz CT molecular complexity index is 669. The molecule has 0 unspecified atom stereocenters. The number of anilines is 1. The summed E-state index contributed by atoms with van der Waals surface area (Å²) in [7, 11) is -3.53. The van der Waals surface area contributed by atoms with Gasteiger partial charge in [-0.25, -0.2) is 13.1 Å². The Balaban J connectivity index is 2.07. The fraction of sp³-hybridized carbons (Fsp3) is 0.400. The molecule has 5 nitrogen and oxygen atoms in total. The summed E-state index contributed by atoms with van der Waals surface area (Å²) in [5, 5.41) is 2.75. The van der Waals surface area contributed by atoms with Crippen LogP contribution in [0, 0.1) is 0 Å². The molecule has 0 aromatic heterocycles. The van der Waals surface area contributed by atoms with Crippen molar-refractivity contribution >= 4 is 33.4 Å². The molecule has 2 N–H and O–H groups in total. The van der Waals surface area contributed by atoms with Gasteiger partial charge in [0.25, 0.3) is 5.91 Å². The first kappa shape index (κ1) is 17.1. The molecule has 0 bridgehead atoms. The quantitative estimate of drug-likeness (QED) is 0.747. The molecular weight excluding hydrogens is 320 g/mol. The number of carbonyl (C=O) groups excluding carboxylic acids is 1. The van der Waals surface area contributed by atoms with E-state index in [0.717, 1.165) is 24.2 Å². The second-order valence-corrected chi connectivity index (χ2v) is 7.77. The van der Waals surface area contributed by atoms with Crippen molar-refractivity contribution in [1.29, 1.82) is 0 Å². The summed E-state index contributed by atoms with van der Waals surface area (Å²) in [6.07, 6.45) is 3.61. The van der Waals surface area contributed by atoms with Crippen molar-refractivity contribution in [2.24, 2.45) is 0 Å². The van der Waals surface area contributed by atoms with Crippen LogP contribution in [0.5, 0.6) is 0 Å². The number of hydrogen-bond acceptors (Lipinski definition) is 4. The van der Waals surface area contributed by atoms with Crippen molar-refractivity contribution in [2.75, 3.05) is 23.4 Å². The lowest BCUT2D eigenvalue weighted by Crippen LogP contribution is -2.25. The van der Waals surface area contributed by atoms with Gasteiger partial charge in [0, 0.05) is 29.3 Å². The Morgan fingerprint density at radius 1 is 1.36 bits per heavy atom. The number of carbonyl (C=O) groups is 1. The van der Waals surface area contributed by atoms with Gasteiger partial charge in [0.15, 0.2) is 0 Å². The van der Waals surface area contributed by atoms with Gasteiger partial charge in [-0.05, 0) is 24.6 Å². The lowest BCUT2D eigenvalue weighted by Gasteiger charge is -2.09. The maximum Gasteiger partial charge on any atom is 0.252 e. The van der Waals surface area contributed by atoms with E-state index >= 15 is 0 Å². The van der Waals surface area contributed by atoms with Gasteiger partial charge in [-0.2, -0.15) is 11.8 Å². The number of rotatable bonds is 7. The Morgan fingerprint density at radius 3 is 2.86 bits per heavy atom. The standard InChI is InChI=1S/C15H20N2O3S2/c1-2-3-8-16-22(19,20)14-6-4-5-13(10-14)17-15(18)12-7-9-21-11-12/h4-7,10,16H,2-3,8-9,11H2,1H3,(H,17,18). The smallest absolute Gasteiger partial charge is 0.252 e. The number of unbranched alkanes of at least 4 members (excludes halogenated alkanes) is 1. The van der Waals surface area contributed by atoms with Crippen molar-refractivity contribution in [3.8, 4) is 0 Å². The largest absolute Gasteiger partial charge is 0.322 e. The van der Waals surface area contributed by atoms with E-state index in [2.05, 4.69) is 10.0 Å². The van der Waals surface area contributed by atoms with Crippen molar-refractivity contribution in [3.05, 3.63) is 35.9 Å². The van der Waals surface area contributed by atoms with Gasteiger partial charge >= 0.3 is 0 Å². The highest BCUT2D eigenvalue weighted by atomic mass is 32.2. The van der Waals surface area contributed by atoms with Crippen molar-refractivity contribution in [1.82, 2.24) is 4.72 Å². The molecule has 1 aromatic carbocycles. The van der Waals surface area contributed by atoms with Crippen LogP contribution in [0.1, 0.15) is 19.8 Å². The molecular formula is C15H20N2O3S2. The van der Waals surface area contributed by atoms with Crippen LogP contribution in [0.3, 0.4) is 0 Å². The van der Waals surface area contributed by atoms with E-state index in [1.54, 1.807) is 23.9 Å². The molecule has 0 saturated heterocycles. The summed E-state index contributed by atoms with van der Waals surface area (Å²) < 4.78 is 26.9. The van der Waals surface area contributed by atoms with Gasteiger partial charge < -0.3 is 5.32 Å². The third kappa shape index (κ3) is 4.59. The van der Waals surface area contributed by atoms with E-state index in [9.17, 15) is 13.2 Å². The van der Waals surface area contributed by atoms with E-state index < -0.39 is 10.0 Å². The summed E-state index contributed by atoms with van der Waals surface area (Å²) in [4.78, 5) is 12.2.